The van der Waals surface area contributed by atoms with Crippen molar-refractivity contribution in [2.24, 2.45) is 0 Å². The first-order chi connectivity index (χ1) is 38.0. The molecular formula is C71H133NO5. The van der Waals surface area contributed by atoms with Crippen LogP contribution in [0.4, 0.5) is 0 Å². The summed E-state index contributed by atoms with van der Waals surface area (Å²) in [6, 6.07) is -0.630. The first-order valence-electron chi connectivity index (χ1n) is 34.4. The molecule has 0 rings (SSSR count). The fourth-order valence-electron chi connectivity index (χ4n) is 10.5. The summed E-state index contributed by atoms with van der Waals surface area (Å²) in [6.45, 7) is 4.91. The number of unbranched alkanes of at least 4 members (excludes halogenated alkanes) is 47. The highest BCUT2D eigenvalue weighted by molar-refractivity contribution is 5.76. The van der Waals surface area contributed by atoms with Crippen LogP contribution in [0.1, 0.15) is 367 Å². The highest BCUT2D eigenvalue weighted by Crippen LogP contribution is 2.17. The molecule has 77 heavy (non-hydrogen) atoms. The molecule has 6 nitrogen and oxygen atoms in total. The maximum atomic E-state index is 12.5. The van der Waals surface area contributed by atoms with E-state index in [9.17, 15) is 19.8 Å². The standard InChI is InChI=1S/C71H133NO5/c1-3-5-7-9-11-13-15-17-19-33-36-39-43-47-51-55-59-63-69(74)68(67-73)72-70(75)64-60-56-52-48-44-40-37-34-31-29-27-25-23-21-20-22-24-26-28-30-32-35-38-42-46-50-54-58-62-66-77-71(76)65-61-57-53-49-45-41-18-16-14-12-10-8-6-4-2/h16,18,20,22,26,28,59,63,68-69,73-74H,3-15,17,19,21,23-25,27,29-58,60-62,64-67H2,1-2H3,(H,72,75)/b18-16-,22-20-,28-26-,63-59+. The smallest absolute Gasteiger partial charge is 0.305 e. The van der Waals surface area contributed by atoms with Crippen molar-refractivity contribution in [3.63, 3.8) is 0 Å². The van der Waals surface area contributed by atoms with Gasteiger partial charge < -0.3 is 20.3 Å². The van der Waals surface area contributed by atoms with Gasteiger partial charge in [-0.2, -0.15) is 0 Å². The Labute approximate surface area is 480 Å². The van der Waals surface area contributed by atoms with E-state index < -0.39 is 12.1 Å². The maximum absolute atomic E-state index is 12.5. The van der Waals surface area contributed by atoms with Crippen molar-refractivity contribution in [2.75, 3.05) is 13.2 Å². The second-order valence-electron chi connectivity index (χ2n) is 23.5. The van der Waals surface area contributed by atoms with Crippen LogP contribution in [0.25, 0.3) is 0 Å². The van der Waals surface area contributed by atoms with Crippen molar-refractivity contribution in [1.82, 2.24) is 5.32 Å². The van der Waals surface area contributed by atoms with Crippen LogP contribution in [0.15, 0.2) is 48.6 Å². The van der Waals surface area contributed by atoms with Crippen LogP contribution in [0.5, 0.6) is 0 Å². The number of ether oxygens (including phenoxy) is 1. The largest absolute Gasteiger partial charge is 0.466 e. The van der Waals surface area contributed by atoms with Gasteiger partial charge in [0.25, 0.3) is 0 Å². The molecule has 2 unspecified atom stereocenters. The van der Waals surface area contributed by atoms with Crippen molar-refractivity contribution >= 4 is 11.9 Å². The van der Waals surface area contributed by atoms with Crippen molar-refractivity contribution in [3.05, 3.63) is 48.6 Å². The molecule has 0 aromatic heterocycles. The number of aliphatic hydroxyl groups is 2. The number of hydrogen-bond donors (Lipinski definition) is 3. The summed E-state index contributed by atoms with van der Waals surface area (Å²) >= 11 is 0. The fourth-order valence-corrected chi connectivity index (χ4v) is 10.5. The lowest BCUT2D eigenvalue weighted by molar-refractivity contribution is -0.143. The Hall–Kier alpha value is -2.18. The van der Waals surface area contributed by atoms with Crippen molar-refractivity contribution in [2.45, 2.75) is 379 Å². The molecule has 0 aliphatic rings. The molecule has 452 valence electrons. The highest BCUT2D eigenvalue weighted by Gasteiger charge is 2.18. The molecule has 3 N–H and O–H groups in total. The van der Waals surface area contributed by atoms with Crippen LogP contribution in [0.2, 0.25) is 0 Å². The Morgan fingerprint density at radius 1 is 0.364 bits per heavy atom. The molecule has 0 radical (unpaired) electrons. The normalized spacial score (nSPS) is 12.8. The Morgan fingerprint density at radius 3 is 1.00 bits per heavy atom. The minimum absolute atomic E-state index is 0.00311. The van der Waals surface area contributed by atoms with Gasteiger partial charge in [0.05, 0.1) is 25.4 Å². The minimum Gasteiger partial charge on any atom is -0.466 e. The number of amides is 1. The molecule has 0 aromatic rings. The second kappa shape index (κ2) is 66.3. The number of esters is 1. The van der Waals surface area contributed by atoms with E-state index in [2.05, 4.69) is 55.6 Å². The third-order valence-corrected chi connectivity index (χ3v) is 15.8. The molecule has 0 saturated heterocycles. The summed E-state index contributed by atoms with van der Waals surface area (Å²) in [5.74, 6) is -0.0639. The lowest BCUT2D eigenvalue weighted by Gasteiger charge is -2.20. The molecule has 0 aliphatic carbocycles. The topological polar surface area (TPSA) is 95.9 Å². The van der Waals surface area contributed by atoms with Gasteiger partial charge in [0.2, 0.25) is 5.91 Å². The number of hydrogen-bond acceptors (Lipinski definition) is 5. The van der Waals surface area contributed by atoms with Gasteiger partial charge in [0.1, 0.15) is 0 Å². The lowest BCUT2D eigenvalue weighted by atomic mass is 10.0. The first-order valence-corrected chi connectivity index (χ1v) is 34.4. The van der Waals surface area contributed by atoms with E-state index in [1.54, 1.807) is 6.08 Å². The molecule has 0 aromatic carbocycles. The van der Waals surface area contributed by atoms with Gasteiger partial charge in [-0.3, -0.25) is 9.59 Å². The third kappa shape index (κ3) is 62.9. The lowest BCUT2D eigenvalue weighted by Crippen LogP contribution is -2.45. The number of nitrogens with one attached hydrogen (secondary N) is 1. The summed E-state index contributed by atoms with van der Waals surface area (Å²) in [5, 5.41) is 23.2. The molecule has 6 heteroatoms. The van der Waals surface area contributed by atoms with Crippen molar-refractivity contribution in [3.8, 4) is 0 Å². The zero-order valence-electron chi connectivity index (χ0n) is 51.7. The van der Waals surface area contributed by atoms with E-state index in [4.69, 9.17) is 4.74 Å². The molecule has 2 atom stereocenters. The van der Waals surface area contributed by atoms with Crippen LogP contribution < -0.4 is 5.32 Å². The molecule has 1 amide bonds. The van der Waals surface area contributed by atoms with Gasteiger partial charge in [-0.15, -0.1) is 0 Å². The van der Waals surface area contributed by atoms with Crippen molar-refractivity contribution < 1.29 is 24.5 Å². The summed E-state index contributed by atoms with van der Waals surface area (Å²) in [6.07, 6.45) is 86.1. The molecule has 0 fully saturated rings. The zero-order valence-corrected chi connectivity index (χ0v) is 51.7. The number of allylic oxidation sites excluding steroid dienone is 7. The Bertz CT molecular complexity index is 1290. The number of rotatable bonds is 64. The molecule has 0 heterocycles. The second-order valence-corrected chi connectivity index (χ2v) is 23.5. The van der Waals surface area contributed by atoms with Crippen LogP contribution in [0.3, 0.4) is 0 Å². The van der Waals surface area contributed by atoms with Crippen LogP contribution >= 0.6 is 0 Å². The van der Waals surface area contributed by atoms with Gasteiger partial charge in [-0.05, 0) is 89.9 Å². The quantitative estimate of drug-likeness (QED) is 0.0320. The number of carbonyl (C=O) groups is 2. The molecule has 0 saturated carbocycles. The van der Waals surface area contributed by atoms with Gasteiger partial charge in [-0.25, -0.2) is 0 Å². The Kier molecular flexibility index (Phi) is 64.5. The summed E-state index contributed by atoms with van der Waals surface area (Å²) in [7, 11) is 0. The van der Waals surface area contributed by atoms with Crippen LogP contribution in [-0.2, 0) is 14.3 Å². The average Bonchev–Trinajstić information content (AvgIpc) is 3.43. The van der Waals surface area contributed by atoms with E-state index in [-0.39, 0.29) is 18.5 Å². The SMILES string of the molecule is CCCCCCC/C=C\CCCCCCCC(=O)OCCCCCCCCCCC/C=C\C/C=C\CCCCCCCCCCCCCCCC(=O)NC(CO)C(O)/C=C/CCCCCCCCCCCCCCCCC. The van der Waals surface area contributed by atoms with E-state index in [1.165, 1.54) is 289 Å². The van der Waals surface area contributed by atoms with Gasteiger partial charge in [-0.1, -0.05) is 313 Å². The fraction of sp³-hybridized carbons (Fsp3) is 0.859. The predicted octanol–water partition coefficient (Wildman–Crippen LogP) is 22.1. The molecule has 0 bridgehead atoms. The summed E-state index contributed by atoms with van der Waals surface area (Å²) in [5.41, 5.74) is 0. The number of carbonyl (C=O) groups excluding carboxylic acids is 2. The Balaban J connectivity index is 3.43. The molecular weight excluding hydrogens is 947 g/mol. The van der Waals surface area contributed by atoms with Gasteiger partial charge >= 0.3 is 5.97 Å². The third-order valence-electron chi connectivity index (χ3n) is 15.8. The predicted molar refractivity (Wildman–Crippen MR) is 338 cm³/mol. The minimum atomic E-state index is -0.846. The van der Waals surface area contributed by atoms with E-state index in [1.807, 2.05) is 6.08 Å². The van der Waals surface area contributed by atoms with Gasteiger partial charge in [0.15, 0.2) is 0 Å². The van der Waals surface area contributed by atoms with E-state index in [0.717, 1.165) is 51.4 Å². The van der Waals surface area contributed by atoms with E-state index in [0.29, 0.717) is 19.4 Å². The molecule has 0 aliphatic heterocycles. The maximum Gasteiger partial charge on any atom is 0.305 e. The van der Waals surface area contributed by atoms with E-state index >= 15 is 0 Å². The van der Waals surface area contributed by atoms with Crippen molar-refractivity contribution in [1.29, 1.82) is 0 Å². The van der Waals surface area contributed by atoms with Gasteiger partial charge in [0, 0.05) is 12.8 Å². The number of aliphatic hydroxyl groups excluding tert-OH is 2. The summed E-state index contributed by atoms with van der Waals surface area (Å²) < 4.78 is 5.48. The zero-order chi connectivity index (χ0) is 55.7. The Morgan fingerprint density at radius 2 is 0.649 bits per heavy atom. The highest BCUT2D eigenvalue weighted by atomic mass is 16.5. The first kappa shape index (κ1) is 74.8. The van der Waals surface area contributed by atoms with Crippen LogP contribution in [-0.4, -0.2) is 47.4 Å². The average molecular weight is 1080 g/mol. The monoisotopic (exact) mass is 1080 g/mol. The van der Waals surface area contributed by atoms with Crippen LogP contribution in [0, 0.1) is 0 Å². The molecule has 0 spiro atoms. The summed E-state index contributed by atoms with van der Waals surface area (Å²) in [4.78, 5) is 24.5.